The van der Waals surface area contributed by atoms with Gasteiger partial charge in [-0.05, 0) is 55.0 Å². The summed E-state index contributed by atoms with van der Waals surface area (Å²) < 4.78 is 13.6. The Hall–Kier alpha value is -3.51. The van der Waals surface area contributed by atoms with Crippen molar-refractivity contribution in [1.82, 2.24) is 9.55 Å². The number of nitrogens with zero attached hydrogens (tertiary/aromatic N) is 3. The van der Waals surface area contributed by atoms with Crippen molar-refractivity contribution in [2.45, 2.75) is 25.3 Å². The summed E-state index contributed by atoms with van der Waals surface area (Å²) in [6, 6.07) is 23.2. The molecule has 0 N–H and O–H groups in total. The molecule has 4 aromatic rings. The summed E-state index contributed by atoms with van der Waals surface area (Å²) in [5, 5.41) is 0.657. The van der Waals surface area contributed by atoms with Crippen LogP contribution in [0, 0.1) is 0 Å². The highest BCUT2D eigenvalue weighted by Crippen LogP contribution is 2.34. The molecule has 1 amide bonds. The van der Waals surface area contributed by atoms with E-state index in [4.69, 9.17) is 26.1 Å². The van der Waals surface area contributed by atoms with Crippen LogP contribution in [-0.2, 0) is 11.3 Å². The maximum Gasteiger partial charge on any atom is 0.227 e. The lowest BCUT2D eigenvalue weighted by Gasteiger charge is -2.17. The number of amides is 1. The largest absolute Gasteiger partial charge is 0.493 e. The standard InChI is InChI=1S/C27H26ClN3O3/c1-33-24-9-4-5-10-25(24)34-16-6-15-30-23-8-3-2-7-22(23)29-27(30)19-17-26(32)31(18-19)21-13-11-20(28)12-14-21/h2-5,7-14,19H,6,15-18H2,1H3/t19-/m1/s1. The average molecular weight is 476 g/mol. The van der Waals surface area contributed by atoms with E-state index in [0.717, 1.165) is 47.0 Å². The Bertz CT molecular complexity index is 1300. The summed E-state index contributed by atoms with van der Waals surface area (Å²) in [6.45, 7) is 1.89. The fourth-order valence-electron chi connectivity index (χ4n) is 4.53. The lowest BCUT2D eigenvalue weighted by atomic mass is 10.1. The van der Waals surface area contributed by atoms with E-state index < -0.39 is 0 Å². The molecule has 174 valence electrons. The minimum Gasteiger partial charge on any atom is -0.493 e. The van der Waals surface area contributed by atoms with Crippen molar-refractivity contribution in [1.29, 1.82) is 0 Å². The maximum absolute atomic E-state index is 12.9. The van der Waals surface area contributed by atoms with E-state index in [1.54, 1.807) is 7.11 Å². The van der Waals surface area contributed by atoms with Gasteiger partial charge in [0.15, 0.2) is 11.5 Å². The average Bonchev–Trinajstić information content (AvgIpc) is 3.43. The van der Waals surface area contributed by atoms with Crippen LogP contribution in [-0.4, -0.2) is 35.7 Å². The topological polar surface area (TPSA) is 56.6 Å². The van der Waals surface area contributed by atoms with Crippen molar-refractivity contribution in [3.8, 4) is 11.5 Å². The number of carbonyl (C=O) groups is 1. The predicted octanol–water partition coefficient (Wildman–Crippen LogP) is 5.69. The van der Waals surface area contributed by atoms with Crippen LogP contribution in [0.5, 0.6) is 11.5 Å². The number of fused-ring (bicyclic) bond motifs is 1. The Kier molecular flexibility index (Phi) is 6.41. The van der Waals surface area contributed by atoms with E-state index in [1.807, 2.05) is 71.6 Å². The van der Waals surface area contributed by atoms with E-state index >= 15 is 0 Å². The number of ether oxygens (including phenoxy) is 2. The zero-order chi connectivity index (χ0) is 23.5. The molecule has 1 fully saturated rings. The van der Waals surface area contributed by atoms with Crippen LogP contribution in [0.3, 0.4) is 0 Å². The summed E-state index contributed by atoms with van der Waals surface area (Å²) >= 11 is 6.03. The normalized spacial score (nSPS) is 15.8. The zero-order valence-electron chi connectivity index (χ0n) is 19.0. The van der Waals surface area contributed by atoms with Gasteiger partial charge in [-0.1, -0.05) is 35.9 Å². The fraction of sp³-hybridized carbons (Fsp3) is 0.259. The van der Waals surface area contributed by atoms with Crippen molar-refractivity contribution in [2.75, 3.05) is 25.2 Å². The molecule has 1 aliphatic heterocycles. The van der Waals surface area contributed by atoms with E-state index in [1.165, 1.54) is 0 Å². The first-order valence-corrected chi connectivity index (χ1v) is 11.8. The van der Waals surface area contributed by atoms with Gasteiger partial charge in [-0.3, -0.25) is 4.79 Å². The highest BCUT2D eigenvalue weighted by atomic mass is 35.5. The third-order valence-electron chi connectivity index (χ3n) is 6.17. The number of methoxy groups -OCH3 is 1. The van der Waals surface area contributed by atoms with Crippen molar-refractivity contribution in [3.63, 3.8) is 0 Å². The third-order valence-corrected chi connectivity index (χ3v) is 6.42. The molecule has 0 unspecified atom stereocenters. The first-order chi connectivity index (χ1) is 16.6. The van der Waals surface area contributed by atoms with Gasteiger partial charge in [0.2, 0.25) is 5.91 Å². The van der Waals surface area contributed by atoms with Crippen LogP contribution in [0.25, 0.3) is 11.0 Å². The molecule has 3 aromatic carbocycles. The van der Waals surface area contributed by atoms with Gasteiger partial charge in [0.05, 0.1) is 24.8 Å². The molecule has 0 bridgehead atoms. The molecular weight excluding hydrogens is 450 g/mol. The monoisotopic (exact) mass is 475 g/mol. The minimum absolute atomic E-state index is 0.0192. The Morgan fingerprint density at radius 1 is 1.00 bits per heavy atom. The first kappa shape index (κ1) is 22.3. The van der Waals surface area contributed by atoms with Crippen molar-refractivity contribution >= 4 is 34.2 Å². The molecule has 34 heavy (non-hydrogen) atoms. The number of aryl methyl sites for hydroxylation is 1. The summed E-state index contributed by atoms with van der Waals surface area (Å²) in [5.74, 6) is 2.53. The highest BCUT2D eigenvalue weighted by Gasteiger charge is 2.34. The number of aromatic nitrogens is 2. The Morgan fingerprint density at radius 3 is 2.53 bits per heavy atom. The molecule has 1 aliphatic rings. The number of anilines is 1. The molecule has 6 nitrogen and oxygen atoms in total. The summed E-state index contributed by atoms with van der Waals surface area (Å²) in [7, 11) is 1.64. The quantitative estimate of drug-likeness (QED) is 0.307. The molecule has 1 aromatic heterocycles. The summed E-state index contributed by atoms with van der Waals surface area (Å²) in [4.78, 5) is 19.6. The Morgan fingerprint density at radius 2 is 1.74 bits per heavy atom. The second-order valence-electron chi connectivity index (χ2n) is 8.35. The van der Waals surface area contributed by atoms with Crippen LogP contribution < -0.4 is 14.4 Å². The van der Waals surface area contributed by atoms with Gasteiger partial charge in [-0.15, -0.1) is 0 Å². The van der Waals surface area contributed by atoms with Gasteiger partial charge in [0.1, 0.15) is 5.82 Å². The molecule has 2 heterocycles. The van der Waals surface area contributed by atoms with Crippen molar-refractivity contribution in [3.05, 3.63) is 83.6 Å². The number of halogens is 1. The Balaban J connectivity index is 1.34. The molecule has 0 saturated carbocycles. The molecule has 0 aliphatic carbocycles. The fourth-order valence-corrected chi connectivity index (χ4v) is 4.66. The molecule has 1 saturated heterocycles. The minimum atomic E-state index is 0.0192. The molecule has 7 heteroatoms. The van der Waals surface area contributed by atoms with Crippen LogP contribution in [0.4, 0.5) is 5.69 Å². The molecule has 0 radical (unpaired) electrons. The van der Waals surface area contributed by atoms with Gasteiger partial charge in [0, 0.05) is 36.1 Å². The number of imidazole rings is 1. The second kappa shape index (κ2) is 9.77. The van der Waals surface area contributed by atoms with E-state index in [2.05, 4.69) is 10.6 Å². The number of carbonyl (C=O) groups excluding carboxylic acids is 1. The van der Waals surface area contributed by atoms with Crippen LogP contribution in [0.2, 0.25) is 5.02 Å². The van der Waals surface area contributed by atoms with Crippen molar-refractivity contribution in [2.24, 2.45) is 0 Å². The molecule has 1 atom stereocenters. The number of rotatable bonds is 8. The van der Waals surface area contributed by atoms with Crippen LogP contribution >= 0.6 is 11.6 Å². The van der Waals surface area contributed by atoms with Gasteiger partial charge < -0.3 is 18.9 Å². The number of hydrogen-bond donors (Lipinski definition) is 0. The number of para-hydroxylation sites is 4. The highest BCUT2D eigenvalue weighted by molar-refractivity contribution is 6.30. The SMILES string of the molecule is COc1ccccc1OCCCn1c([C@@H]2CC(=O)N(c3ccc(Cl)cc3)C2)nc2ccccc21. The molecule has 0 spiro atoms. The van der Waals surface area contributed by atoms with Gasteiger partial charge >= 0.3 is 0 Å². The molecular formula is C27H26ClN3O3. The first-order valence-electron chi connectivity index (χ1n) is 11.4. The van der Waals surface area contributed by atoms with E-state index in [-0.39, 0.29) is 11.8 Å². The lowest BCUT2D eigenvalue weighted by Crippen LogP contribution is -2.24. The number of hydrogen-bond acceptors (Lipinski definition) is 4. The van der Waals surface area contributed by atoms with E-state index in [9.17, 15) is 4.79 Å². The summed E-state index contributed by atoms with van der Waals surface area (Å²) in [6.07, 6.45) is 1.23. The Labute approximate surface area is 203 Å². The lowest BCUT2D eigenvalue weighted by molar-refractivity contribution is -0.117. The van der Waals surface area contributed by atoms with E-state index in [0.29, 0.717) is 24.6 Å². The zero-order valence-corrected chi connectivity index (χ0v) is 19.7. The number of benzene rings is 3. The smallest absolute Gasteiger partial charge is 0.227 e. The van der Waals surface area contributed by atoms with Crippen LogP contribution in [0.1, 0.15) is 24.6 Å². The van der Waals surface area contributed by atoms with Crippen molar-refractivity contribution < 1.29 is 14.3 Å². The summed E-state index contributed by atoms with van der Waals surface area (Å²) in [5.41, 5.74) is 2.89. The maximum atomic E-state index is 12.9. The van der Waals surface area contributed by atoms with Gasteiger partial charge in [-0.25, -0.2) is 4.98 Å². The second-order valence-corrected chi connectivity index (χ2v) is 8.78. The van der Waals surface area contributed by atoms with Crippen LogP contribution in [0.15, 0.2) is 72.8 Å². The van der Waals surface area contributed by atoms with Gasteiger partial charge in [0.25, 0.3) is 0 Å². The third kappa shape index (κ3) is 4.46. The molecule has 5 rings (SSSR count). The van der Waals surface area contributed by atoms with Gasteiger partial charge in [-0.2, -0.15) is 0 Å². The predicted molar refractivity (Wildman–Crippen MR) is 134 cm³/mol.